The normalized spacial score (nSPS) is 22.9. The van der Waals surface area contributed by atoms with Crippen LogP contribution in [0.25, 0.3) is 0 Å². The van der Waals surface area contributed by atoms with Gasteiger partial charge in [0.25, 0.3) is 0 Å². The first-order chi connectivity index (χ1) is 9.79. The molecule has 0 N–H and O–H groups in total. The molecule has 0 amide bonds. The van der Waals surface area contributed by atoms with Crippen LogP contribution in [0.1, 0.15) is 44.6 Å². The molecule has 0 saturated heterocycles. The van der Waals surface area contributed by atoms with Crippen LogP contribution >= 0.6 is 0 Å². The average molecular weight is 277 g/mol. The number of fused-ring (bicyclic) bond motifs is 1. The first kappa shape index (κ1) is 13.9. The highest BCUT2D eigenvalue weighted by Crippen LogP contribution is 2.32. The zero-order valence-electron chi connectivity index (χ0n) is 12.3. The van der Waals surface area contributed by atoms with E-state index in [1.165, 1.54) is 38.2 Å². The molecule has 1 aliphatic heterocycles. The van der Waals surface area contributed by atoms with Crippen molar-refractivity contribution in [3.8, 4) is 5.75 Å². The second-order valence-corrected chi connectivity index (χ2v) is 6.07. The summed E-state index contributed by atoms with van der Waals surface area (Å²) in [4.78, 5) is 2.63. The van der Waals surface area contributed by atoms with Crippen molar-refractivity contribution in [1.29, 1.82) is 0 Å². The van der Waals surface area contributed by atoms with E-state index < -0.39 is 0 Å². The Morgan fingerprint density at radius 1 is 1.25 bits per heavy atom. The van der Waals surface area contributed by atoms with E-state index >= 15 is 0 Å². The molecule has 1 aromatic rings. The first-order valence-electron chi connectivity index (χ1n) is 7.95. The van der Waals surface area contributed by atoms with Crippen molar-refractivity contribution in [3.63, 3.8) is 0 Å². The quantitative estimate of drug-likeness (QED) is 0.830. The van der Waals surface area contributed by atoms with E-state index in [1.807, 2.05) is 6.07 Å². The highest BCUT2D eigenvalue weighted by Gasteiger charge is 2.32. The molecule has 1 unspecified atom stereocenters. The molecule has 1 heterocycles. The number of rotatable bonds is 4. The Kier molecular flexibility index (Phi) is 4.25. The van der Waals surface area contributed by atoms with Gasteiger partial charge in [0.15, 0.2) is 11.6 Å². The SMILES string of the molecule is CCCN(C1CCCC1)C1COc2c(F)cccc2C1. The Morgan fingerprint density at radius 2 is 2.05 bits per heavy atom. The molecule has 0 aromatic heterocycles. The summed E-state index contributed by atoms with van der Waals surface area (Å²) in [6.07, 6.45) is 7.42. The van der Waals surface area contributed by atoms with Crippen LogP contribution in [-0.4, -0.2) is 30.1 Å². The molecule has 3 rings (SSSR count). The molecule has 2 nitrogen and oxygen atoms in total. The van der Waals surface area contributed by atoms with Crippen molar-refractivity contribution in [2.24, 2.45) is 0 Å². The molecule has 3 heteroatoms. The lowest BCUT2D eigenvalue weighted by Gasteiger charge is -2.38. The molecule has 110 valence electrons. The van der Waals surface area contributed by atoms with Crippen molar-refractivity contribution in [1.82, 2.24) is 4.90 Å². The van der Waals surface area contributed by atoms with Crippen LogP contribution in [0.3, 0.4) is 0 Å². The largest absolute Gasteiger partial charge is 0.489 e. The van der Waals surface area contributed by atoms with Crippen molar-refractivity contribution in [3.05, 3.63) is 29.6 Å². The van der Waals surface area contributed by atoms with E-state index in [9.17, 15) is 4.39 Å². The van der Waals surface area contributed by atoms with Crippen LogP contribution in [0, 0.1) is 5.82 Å². The predicted octanol–water partition coefficient (Wildman–Crippen LogP) is 3.78. The third kappa shape index (κ3) is 2.69. The zero-order chi connectivity index (χ0) is 13.9. The molecule has 20 heavy (non-hydrogen) atoms. The average Bonchev–Trinajstić information content (AvgIpc) is 2.98. The number of hydrogen-bond acceptors (Lipinski definition) is 2. The van der Waals surface area contributed by atoms with Gasteiger partial charge in [0.2, 0.25) is 0 Å². The molecule has 1 fully saturated rings. The fourth-order valence-corrected chi connectivity index (χ4v) is 3.74. The lowest BCUT2D eigenvalue weighted by molar-refractivity contribution is 0.0793. The fraction of sp³-hybridized carbons (Fsp3) is 0.647. The number of benzene rings is 1. The van der Waals surface area contributed by atoms with Gasteiger partial charge in [-0.05, 0) is 43.9 Å². The Bertz CT molecular complexity index is 456. The smallest absolute Gasteiger partial charge is 0.165 e. The highest BCUT2D eigenvalue weighted by atomic mass is 19.1. The number of hydrogen-bond donors (Lipinski definition) is 0. The summed E-state index contributed by atoms with van der Waals surface area (Å²) in [5, 5.41) is 0. The topological polar surface area (TPSA) is 12.5 Å². The summed E-state index contributed by atoms with van der Waals surface area (Å²) >= 11 is 0. The van der Waals surface area contributed by atoms with E-state index in [0.29, 0.717) is 24.4 Å². The van der Waals surface area contributed by atoms with Crippen molar-refractivity contribution < 1.29 is 9.13 Å². The van der Waals surface area contributed by atoms with Crippen LogP contribution in [0.2, 0.25) is 0 Å². The third-order valence-corrected chi connectivity index (χ3v) is 4.67. The number of nitrogens with zero attached hydrogens (tertiary/aromatic N) is 1. The van der Waals surface area contributed by atoms with Gasteiger partial charge in [-0.2, -0.15) is 0 Å². The molecular weight excluding hydrogens is 253 g/mol. The minimum atomic E-state index is -0.219. The minimum Gasteiger partial charge on any atom is -0.489 e. The number of para-hydroxylation sites is 1. The summed E-state index contributed by atoms with van der Waals surface area (Å²) in [5.74, 6) is 0.260. The molecule has 1 aromatic carbocycles. The monoisotopic (exact) mass is 277 g/mol. The first-order valence-corrected chi connectivity index (χ1v) is 7.95. The summed E-state index contributed by atoms with van der Waals surface area (Å²) in [5.41, 5.74) is 1.03. The minimum absolute atomic E-state index is 0.219. The molecule has 2 aliphatic rings. The second kappa shape index (κ2) is 6.13. The highest BCUT2D eigenvalue weighted by molar-refractivity contribution is 5.37. The van der Waals surface area contributed by atoms with E-state index in [4.69, 9.17) is 4.74 Å². The van der Waals surface area contributed by atoms with Gasteiger partial charge in [0, 0.05) is 12.1 Å². The predicted molar refractivity (Wildman–Crippen MR) is 78.6 cm³/mol. The molecule has 1 saturated carbocycles. The molecular formula is C17H24FNO. The van der Waals surface area contributed by atoms with Gasteiger partial charge in [-0.1, -0.05) is 31.9 Å². The molecule has 0 bridgehead atoms. The molecule has 0 spiro atoms. The van der Waals surface area contributed by atoms with Gasteiger partial charge >= 0.3 is 0 Å². The van der Waals surface area contributed by atoms with Crippen molar-refractivity contribution in [2.45, 2.75) is 57.5 Å². The van der Waals surface area contributed by atoms with Gasteiger partial charge in [0.05, 0.1) is 0 Å². The fourth-order valence-electron chi connectivity index (χ4n) is 3.74. The maximum absolute atomic E-state index is 13.7. The van der Waals surface area contributed by atoms with Crippen molar-refractivity contribution >= 4 is 0 Å². The van der Waals surface area contributed by atoms with Crippen LogP contribution in [0.5, 0.6) is 5.75 Å². The zero-order valence-corrected chi connectivity index (χ0v) is 12.3. The maximum Gasteiger partial charge on any atom is 0.165 e. The molecule has 0 radical (unpaired) electrons. The lowest BCUT2D eigenvalue weighted by Crippen LogP contribution is -2.48. The Balaban J connectivity index is 1.76. The van der Waals surface area contributed by atoms with E-state index in [2.05, 4.69) is 11.8 Å². The Hall–Kier alpha value is -1.09. The molecule has 1 aliphatic carbocycles. The van der Waals surface area contributed by atoms with Gasteiger partial charge in [0.1, 0.15) is 6.61 Å². The van der Waals surface area contributed by atoms with E-state index in [1.54, 1.807) is 6.07 Å². The van der Waals surface area contributed by atoms with E-state index in [0.717, 1.165) is 18.5 Å². The summed E-state index contributed by atoms with van der Waals surface area (Å²) in [6.45, 7) is 3.99. The van der Waals surface area contributed by atoms with Gasteiger partial charge in [-0.15, -0.1) is 0 Å². The Labute approximate surface area is 120 Å². The van der Waals surface area contributed by atoms with Crippen LogP contribution < -0.4 is 4.74 Å². The van der Waals surface area contributed by atoms with Crippen molar-refractivity contribution in [2.75, 3.05) is 13.2 Å². The van der Waals surface area contributed by atoms with Gasteiger partial charge in [-0.25, -0.2) is 4.39 Å². The van der Waals surface area contributed by atoms with Gasteiger partial charge in [-0.3, -0.25) is 4.90 Å². The Morgan fingerprint density at radius 3 is 2.80 bits per heavy atom. The number of halogens is 1. The second-order valence-electron chi connectivity index (χ2n) is 6.07. The van der Waals surface area contributed by atoms with Gasteiger partial charge < -0.3 is 4.74 Å². The van der Waals surface area contributed by atoms with Crippen LogP contribution in [-0.2, 0) is 6.42 Å². The third-order valence-electron chi connectivity index (χ3n) is 4.67. The molecule has 1 atom stereocenters. The standard InChI is InChI=1S/C17H24FNO/c1-2-10-19(14-7-3-4-8-14)15-11-13-6-5-9-16(18)17(13)20-12-15/h5-6,9,14-15H,2-4,7-8,10-12H2,1H3. The summed E-state index contributed by atoms with van der Waals surface area (Å²) in [7, 11) is 0. The summed E-state index contributed by atoms with van der Waals surface area (Å²) in [6, 6.07) is 6.40. The maximum atomic E-state index is 13.7. The number of ether oxygens (including phenoxy) is 1. The van der Waals surface area contributed by atoms with Crippen LogP contribution in [0.4, 0.5) is 4.39 Å². The summed E-state index contributed by atoms with van der Waals surface area (Å²) < 4.78 is 19.4. The van der Waals surface area contributed by atoms with Crippen LogP contribution in [0.15, 0.2) is 18.2 Å². The van der Waals surface area contributed by atoms with E-state index in [-0.39, 0.29) is 5.82 Å². The lowest BCUT2D eigenvalue weighted by atomic mass is 9.99.